The highest BCUT2D eigenvalue weighted by Gasteiger charge is 2.18. The van der Waals surface area contributed by atoms with Crippen molar-refractivity contribution >= 4 is 16.7 Å². The molecule has 132 valence electrons. The van der Waals surface area contributed by atoms with Gasteiger partial charge in [0.25, 0.3) is 0 Å². The Kier molecular flexibility index (Phi) is 3.46. The third kappa shape index (κ3) is 2.47. The van der Waals surface area contributed by atoms with Crippen LogP contribution >= 0.6 is 0 Å². The third-order valence-electron chi connectivity index (χ3n) is 4.93. The summed E-state index contributed by atoms with van der Waals surface area (Å²) in [7, 11) is 0. The van der Waals surface area contributed by atoms with Gasteiger partial charge in [0, 0.05) is 29.8 Å². The number of aryl methyl sites for hydroxylation is 1. The predicted octanol–water partition coefficient (Wildman–Crippen LogP) is 3.20. The maximum absolute atomic E-state index is 4.79. The van der Waals surface area contributed by atoms with Crippen molar-refractivity contribution in [2.45, 2.75) is 20.4 Å². The van der Waals surface area contributed by atoms with Crippen LogP contribution in [0.25, 0.3) is 28.1 Å². The molecule has 0 unspecified atom stereocenters. The first-order valence-corrected chi connectivity index (χ1v) is 8.73. The second-order valence-electron chi connectivity index (χ2n) is 6.50. The van der Waals surface area contributed by atoms with E-state index in [1.807, 2.05) is 36.5 Å². The van der Waals surface area contributed by atoms with Crippen molar-refractivity contribution in [3.05, 3.63) is 72.2 Å². The van der Waals surface area contributed by atoms with Gasteiger partial charge >= 0.3 is 0 Å². The molecule has 5 aromatic rings. The normalized spacial score (nSPS) is 11.5. The zero-order valence-electron chi connectivity index (χ0n) is 15.0. The molecule has 0 aromatic carbocycles. The van der Waals surface area contributed by atoms with E-state index in [4.69, 9.17) is 4.98 Å². The van der Waals surface area contributed by atoms with Gasteiger partial charge in [0.2, 0.25) is 0 Å². The molecule has 5 aromatic heterocycles. The fourth-order valence-corrected chi connectivity index (χ4v) is 3.40. The number of hydrogen-bond donors (Lipinski definition) is 0. The fraction of sp³-hybridized carbons (Fsp3) is 0.150. The van der Waals surface area contributed by atoms with Crippen LogP contribution in [-0.2, 0) is 6.54 Å². The lowest BCUT2D eigenvalue weighted by Crippen LogP contribution is -2.04. The van der Waals surface area contributed by atoms with E-state index in [1.54, 1.807) is 23.2 Å². The Labute approximate surface area is 155 Å². The summed E-state index contributed by atoms with van der Waals surface area (Å²) in [6.07, 6.45) is 7.03. The minimum absolute atomic E-state index is 0.668. The molecule has 0 bridgehead atoms. The van der Waals surface area contributed by atoms with Crippen molar-refractivity contribution in [2.24, 2.45) is 0 Å². The summed E-state index contributed by atoms with van der Waals surface area (Å²) in [6, 6.07) is 9.76. The van der Waals surface area contributed by atoms with Gasteiger partial charge in [-0.05, 0) is 43.7 Å². The van der Waals surface area contributed by atoms with E-state index >= 15 is 0 Å². The maximum atomic E-state index is 4.79. The van der Waals surface area contributed by atoms with Crippen molar-refractivity contribution in [3.8, 4) is 11.4 Å². The summed E-state index contributed by atoms with van der Waals surface area (Å²) in [5, 5.41) is 5.62. The Morgan fingerprint density at radius 3 is 2.56 bits per heavy atom. The molecule has 0 spiro atoms. The van der Waals surface area contributed by atoms with Crippen molar-refractivity contribution < 1.29 is 0 Å². The molecule has 7 heteroatoms. The van der Waals surface area contributed by atoms with Crippen LogP contribution in [0.15, 0.2) is 55.2 Å². The van der Waals surface area contributed by atoms with Crippen molar-refractivity contribution in [1.82, 2.24) is 34.1 Å². The summed E-state index contributed by atoms with van der Waals surface area (Å²) < 4.78 is 3.93. The van der Waals surface area contributed by atoms with E-state index in [0.29, 0.717) is 12.4 Å². The predicted molar refractivity (Wildman–Crippen MR) is 102 cm³/mol. The Morgan fingerprint density at radius 2 is 1.78 bits per heavy atom. The molecule has 0 N–H and O–H groups in total. The van der Waals surface area contributed by atoms with E-state index in [2.05, 4.69) is 38.5 Å². The van der Waals surface area contributed by atoms with E-state index in [-0.39, 0.29) is 0 Å². The minimum Gasteiger partial charge on any atom is -0.323 e. The first-order chi connectivity index (χ1) is 13.2. The summed E-state index contributed by atoms with van der Waals surface area (Å²) in [6.45, 7) is 4.89. The summed E-state index contributed by atoms with van der Waals surface area (Å²) in [4.78, 5) is 18.0. The molecule has 5 heterocycles. The summed E-state index contributed by atoms with van der Waals surface area (Å²) in [5.41, 5.74) is 5.96. The molecule has 0 atom stereocenters. The van der Waals surface area contributed by atoms with Crippen molar-refractivity contribution in [1.29, 1.82) is 0 Å². The van der Waals surface area contributed by atoms with Gasteiger partial charge in [-0.3, -0.25) is 9.97 Å². The van der Waals surface area contributed by atoms with Gasteiger partial charge in [-0.2, -0.15) is 0 Å². The van der Waals surface area contributed by atoms with Crippen LogP contribution in [0.2, 0.25) is 0 Å². The number of rotatable bonds is 3. The Bertz CT molecular complexity index is 1250. The molecule has 27 heavy (non-hydrogen) atoms. The van der Waals surface area contributed by atoms with Gasteiger partial charge in [-0.25, -0.2) is 14.5 Å². The highest BCUT2D eigenvalue weighted by molar-refractivity contribution is 5.94. The molecule has 0 aliphatic carbocycles. The zero-order chi connectivity index (χ0) is 18.4. The van der Waals surface area contributed by atoms with Gasteiger partial charge in [0.1, 0.15) is 12.0 Å². The summed E-state index contributed by atoms with van der Waals surface area (Å²) in [5.74, 6) is 0.668. The number of nitrogens with zero attached hydrogens (tertiary/aromatic N) is 7. The fourth-order valence-electron chi connectivity index (χ4n) is 3.40. The molecular formula is C20H17N7. The van der Waals surface area contributed by atoms with Crippen LogP contribution in [0.4, 0.5) is 0 Å². The van der Waals surface area contributed by atoms with Crippen LogP contribution in [0.5, 0.6) is 0 Å². The van der Waals surface area contributed by atoms with Crippen LogP contribution in [0.1, 0.15) is 17.0 Å². The number of hydrogen-bond acceptors (Lipinski definition) is 5. The third-order valence-corrected chi connectivity index (χ3v) is 4.93. The SMILES string of the molecule is Cc1c(C)n(Cc2ccccn2)c2ncn3nc(-c4ccncc4)nc3c12. The second-order valence-corrected chi connectivity index (χ2v) is 6.50. The molecule has 7 nitrogen and oxygen atoms in total. The second kappa shape index (κ2) is 5.98. The summed E-state index contributed by atoms with van der Waals surface area (Å²) >= 11 is 0. The molecular weight excluding hydrogens is 338 g/mol. The van der Waals surface area contributed by atoms with Crippen LogP contribution in [0, 0.1) is 13.8 Å². The Morgan fingerprint density at radius 1 is 0.926 bits per heavy atom. The van der Waals surface area contributed by atoms with Gasteiger partial charge < -0.3 is 4.57 Å². The number of fused-ring (bicyclic) bond motifs is 3. The minimum atomic E-state index is 0.668. The van der Waals surface area contributed by atoms with Gasteiger partial charge in [0.05, 0.1) is 17.6 Å². The lowest BCUT2D eigenvalue weighted by atomic mass is 10.2. The Balaban J connectivity index is 1.72. The lowest BCUT2D eigenvalue weighted by Gasteiger charge is -2.07. The molecule has 0 radical (unpaired) electrons. The van der Waals surface area contributed by atoms with E-state index in [9.17, 15) is 0 Å². The number of aromatic nitrogens is 7. The molecule has 0 aliphatic heterocycles. The number of pyridine rings is 2. The van der Waals surface area contributed by atoms with Crippen molar-refractivity contribution in [2.75, 3.05) is 0 Å². The van der Waals surface area contributed by atoms with Crippen LogP contribution in [0.3, 0.4) is 0 Å². The average molecular weight is 355 g/mol. The molecule has 0 aliphatic rings. The quantitative estimate of drug-likeness (QED) is 0.497. The van der Waals surface area contributed by atoms with E-state index in [1.165, 1.54) is 0 Å². The molecule has 0 fully saturated rings. The maximum Gasteiger partial charge on any atom is 0.182 e. The van der Waals surface area contributed by atoms with Gasteiger partial charge in [-0.1, -0.05) is 6.07 Å². The lowest BCUT2D eigenvalue weighted by molar-refractivity contribution is 0.766. The molecule has 0 amide bonds. The average Bonchev–Trinajstić information content (AvgIpc) is 3.25. The standard InChI is InChI=1S/C20H17N7/c1-13-14(2)26(11-16-5-3-4-8-22-16)19-17(13)20-24-18(25-27(20)12-23-19)15-6-9-21-10-7-15/h3-10,12H,11H2,1-2H3. The highest BCUT2D eigenvalue weighted by atomic mass is 15.3. The smallest absolute Gasteiger partial charge is 0.182 e. The van der Waals surface area contributed by atoms with Gasteiger partial charge in [-0.15, -0.1) is 5.10 Å². The van der Waals surface area contributed by atoms with Crippen LogP contribution in [-0.4, -0.2) is 34.1 Å². The first-order valence-electron chi connectivity index (χ1n) is 8.73. The zero-order valence-corrected chi connectivity index (χ0v) is 15.0. The van der Waals surface area contributed by atoms with E-state index in [0.717, 1.165) is 39.2 Å². The topological polar surface area (TPSA) is 73.8 Å². The Hall–Kier alpha value is -3.61. The first kappa shape index (κ1) is 15.6. The van der Waals surface area contributed by atoms with Crippen LogP contribution < -0.4 is 0 Å². The molecule has 0 saturated carbocycles. The largest absolute Gasteiger partial charge is 0.323 e. The monoisotopic (exact) mass is 355 g/mol. The van der Waals surface area contributed by atoms with Crippen molar-refractivity contribution in [3.63, 3.8) is 0 Å². The highest BCUT2D eigenvalue weighted by Crippen LogP contribution is 2.28. The van der Waals surface area contributed by atoms with E-state index < -0.39 is 0 Å². The van der Waals surface area contributed by atoms with Gasteiger partial charge in [0.15, 0.2) is 11.5 Å². The molecule has 5 rings (SSSR count). The molecule has 0 saturated heterocycles.